The van der Waals surface area contributed by atoms with Crippen LogP contribution in [0.5, 0.6) is 0 Å². The van der Waals surface area contributed by atoms with Crippen LogP contribution in [0.3, 0.4) is 0 Å². The quantitative estimate of drug-likeness (QED) is 0.688. The molecule has 0 N–H and O–H groups in total. The summed E-state index contributed by atoms with van der Waals surface area (Å²) in [5, 5.41) is 2.98. The topological polar surface area (TPSA) is 48.4 Å². The Morgan fingerprint density at radius 1 is 1.37 bits per heavy atom. The van der Waals surface area contributed by atoms with Gasteiger partial charge in [-0.2, -0.15) is 0 Å². The number of hydrogen-bond donors (Lipinski definition) is 0. The fourth-order valence-electron chi connectivity index (χ4n) is 1.76. The van der Waals surface area contributed by atoms with Gasteiger partial charge in [-0.15, -0.1) is 11.3 Å². The van der Waals surface area contributed by atoms with Crippen molar-refractivity contribution in [1.82, 2.24) is 4.98 Å². The minimum absolute atomic E-state index is 0.167. The first kappa shape index (κ1) is 16.1. The monoisotopic (exact) mass is 285 g/mol. The van der Waals surface area contributed by atoms with Crippen LogP contribution >= 0.6 is 11.3 Å². The fourth-order valence-corrected chi connectivity index (χ4v) is 2.80. The number of carbonyl (C=O) groups is 1. The second kappa shape index (κ2) is 7.60. The standard InChI is InChI=1S/C14H23NO3S/c1-5-14(4,18-7-3)13-15-11(10-19-13)8-9-12(16)17-6-2/h10H,5-9H2,1-4H3. The van der Waals surface area contributed by atoms with E-state index in [1.54, 1.807) is 11.3 Å². The molecule has 0 aliphatic heterocycles. The van der Waals surface area contributed by atoms with Gasteiger partial charge in [-0.25, -0.2) is 4.98 Å². The minimum atomic E-state index is -0.318. The van der Waals surface area contributed by atoms with Crippen LogP contribution in [-0.2, 0) is 26.3 Å². The maximum atomic E-state index is 11.3. The molecule has 0 aromatic carbocycles. The third-order valence-electron chi connectivity index (χ3n) is 3.03. The van der Waals surface area contributed by atoms with Gasteiger partial charge >= 0.3 is 5.97 Å². The molecule has 5 heteroatoms. The van der Waals surface area contributed by atoms with Crippen LogP contribution in [0.2, 0.25) is 0 Å². The Kier molecular flexibility index (Phi) is 6.45. The van der Waals surface area contributed by atoms with Crippen LogP contribution in [0, 0.1) is 0 Å². The highest BCUT2D eigenvalue weighted by Gasteiger charge is 2.28. The number of nitrogens with zero attached hydrogens (tertiary/aromatic N) is 1. The van der Waals surface area contributed by atoms with Gasteiger partial charge in [-0.05, 0) is 27.2 Å². The molecule has 19 heavy (non-hydrogen) atoms. The van der Waals surface area contributed by atoms with E-state index < -0.39 is 0 Å². The number of aromatic nitrogens is 1. The molecule has 0 aliphatic carbocycles. The summed E-state index contributed by atoms with van der Waals surface area (Å²) >= 11 is 1.60. The van der Waals surface area contributed by atoms with E-state index in [1.807, 2.05) is 19.2 Å². The second-order valence-corrected chi connectivity index (χ2v) is 5.32. The van der Waals surface area contributed by atoms with E-state index in [2.05, 4.69) is 18.8 Å². The van der Waals surface area contributed by atoms with E-state index >= 15 is 0 Å². The number of ether oxygens (including phenoxy) is 2. The van der Waals surface area contributed by atoms with E-state index in [1.165, 1.54) is 0 Å². The summed E-state index contributed by atoms with van der Waals surface area (Å²) < 4.78 is 10.7. The van der Waals surface area contributed by atoms with Crippen LogP contribution in [0.4, 0.5) is 0 Å². The first-order valence-electron chi connectivity index (χ1n) is 6.80. The van der Waals surface area contributed by atoms with Gasteiger partial charge < -0.3 is 9.47 Å². The Labute approximate surface area is 119 Å². The summed E-state index contributed by atoms with van der Waals surface area (Å²) in [6, 6.07) is 0. The molecule has 108 valence electrons. The maximum Gasteiger partial charge on any atom is 0.306 e. The summed E-state index contributed by atoms with van der Waals surface area (Å²) in [7, 11) is 0. The van der Waals surface area contributed by atoms with E-state index in [0.29, 0.717) is 26.1 Å². The number of carbonyl (C=O) groups excluding carboxylic acids is 1. The fraction of sp³-hybridized carbons (Fsp3) is 0.714. The maximum absolute atomic E-state index is 11.3. The molecule has 0 amide bonds. The molecular weight excluding hydrogens is 262 g/mol. The minimum Gasteiger partial charge on any atom is -0.466 e. The molecule has 1 rings (SSSR count). The van der Waals surface area contributed by atoms with Gasteiger partial charge in [0.1, 0.15) is 10.6 Å². The number of aryl methyl sites for hydroxylation is 1. The average molecular weight is 285 g/mol. The molecule has 0 radical (unpaired) electrons. The zero-order valence-corrected chi connectivity index (χ0v) is 13.0. The van der Waals surface area contributed by atoms with Crippen molar-refractivity contribution in [3.8, 4) is 0 Å². The molecule has 0 fully saturated rings. The Balaban J connectivity index is 2.63. The van der Waals surface area contributed by atoms with Crippen molar-refractivity contribution >= 4 is 17.3 Å². The van der Waals surface area contributed by atoms with Gasteiger partial charge in [-0.3, -0.25) is 4.79 Å². The van der Waals surface area contributed by atoms with Gasteiger partial charge in [0, 0.05) is 18.4 Å². The summed E-state index contributed by atoms with van der Waals surface area (Å²) in [6.45, 7) is 9.05. The highest BCUT2D eigenvalue weighted by atomic mass is 32.1. The zero-order chi connectivity index (χ0) is 14.3. The molecule has 0 spiro atoms. The second-order valence-electron chi connectivity index (χ2n) is 4.47. The predicted molar refractivity (Wildman–Crippen MR) is 76.3 cm³/mol. The molecule has 4 nitrogen and oxygen atoms in total. The summed E-state index contributed by atoms with van der Waals surface area (Å²) in [5.74, 6) is -0.167. The number of rotatable bonds is 8. The van der Waals surface area contributed by atoms with Crippen LogP contribution in [-0.4, -0.2) is 24.2 Å². The van der Waals surface area contributed by atoms with Gasteiger partial charge in [-0.1, -0.05) is 6.92 Å². The number of thiazole rings is 1. The predicted octanol–water partition coefficient (Wildman–Crippen LogP) is 3.30. The molecule has 0 saturated carbocycles. The first-order chi connectivity index (χ1) is 9.05. The van der Waals surface area contributed by atoms with Crippen molar-refractivity contribution in [1.29, 1.82) is 0 Å². The Morgan fingerprint density at radius 3 is 2.68 bits per heavy atom. The van der Waals surface area contributed by atoms with E-state index in [-0.39, 0.29) is 11.6 Å². The molecule has 0 bridgehead atoms. The summed E-state index contributed by atoms with van der Waals surface area (Å²) in [4.78, 5) is 15.9. The highest BCUT2D eigenvalue weighted by Crippen LogP contribution is 2.31. The third-order valence-corrected chi connectivity index (χ3v) is 4.17. The molecule has 1 aromatic rings. The highest BCUT2D eigenvalue weighted by molar-refractivity contribution is 7.09. The van der Waals surface area contributed by atoms with Gasteiger partial charge in [0.15, 0.2) is 0 Å². The zero-order valence-electron chi connectivity index (χ0n) is 12.2. The molecule has 1 aromatic heterocycles. The molecule has 0 aliphatic rings. The lowest BCUT2D eigenvalue weighted by molar-refractivity contribution is -0.143. The van der Waals surface area contributed by atoms with Crippen LogP contribution in [0.25, 0.3) is 0 Å². The molecular formula is C14H23NO3S. The summed E-state index contributed by atoms with van der Waals surface area (Å²) in [6.07, 6.45) is 1.89. The van der Waals surface area contributed by atoms with Crippen molar-refractivity contribution < 1.29 is 14.3 Å². The van der Waals surface area contributed by atoms with Crippen LogP contribution in [0.1, 0.15) is 51.2 Å². The van der Waals surface area contributed by atoms with E-state index in [9.17, 15) is 4.79 Å². The Morgan fingerprint density at radius 2 is 2.11 bits per heavy atom. The molecule has 1 unspecified atom stereocenters. The Hall–Kier alpha value is -0.940. The van der Waals surface area contributed by atoms with Crippen molar-refractivity contribution in [3.05, 3.63) is 16.1 Å². The largest absolute Gasteiger partial charge is 0.466 e. The average Bonchev–Trinajstić information content (AvgIpc) is 2.86. The van der Waals surface area contributed by atoms with Crippen molar-refractivity contribution in [2.45, 2.75) is 52.6 Å². The van der Waals surface area contributed by atoms with Gasteiger partial charge in [0.05, 0.1) is 18.7 Å². The Bertz CT molecular complexity index is 405. The smallest absolute Gasteiger partial charge is 0.306 e. The first-order valence-corrected chi connectivity index (χ1v) is 7.68. The van der Waals surface area contributed by atoms with Crippen molar-refractivity contribution in [3.63, 3.8) is 0 Å². The lowest BCUT2D eigenvalue weighted by Gasteiger charge is -2.25. The van der Waals surface area contributed by atoms with Crippen molar-refractivity contribution in [2.75, 3.05) is 13.2 Å². The lowest BCUT2D eigenvalue weighted by atomic mass is 10.0. The SMILES string of the molecule is CCOC(=O)CCc1csc(C(C)(CC)OCC)n1. The van der Waals surface area contributed by atoms with E-state index in [0.717, 1.165) is 17.1 Å². The van der Waals surface area contributed by atoms with Crippen LogP contribution < -0.4 is 0 Å². The normalized spacial score (nSPS) is 14.1. The van der Waals surface area contributed by atoms with Gasteiger partial charge in [0.25, 0.3) is 0 Å². The number of hydrogen-bond acceptors (Lipinski definition) is 5. The molecule has 1 heterocycles. The van der Waals surface area contributed by atoms with Crippen LogP contribution in [0.15, 0.2) is 5.38 Å². The van der Waals surface area contributed by atoms with E-state index in [4.69, 9.17) is 9.47 Å². The molecule has 1 atom stereocenters. The van der Waals surface area contributed by atoms with Gasteiger partial charge in [0.2, 0.25) is 0 Å². The molecule has 0 saturated heterocycles. The van der Waals surface area contributed by atoms with Crippen molar-refractivity contribution in [2.24, 2.45) is 0 Å². The number of esters is 1. The summed E-state index contributed by atoms with van der Waals surface area (Å²) in [5.41, 5.74) is 0.620. The third kappa shape index (κ3) is 4.58. The lowest BCUT2D eigenvalue weighted by Crippen LogP contribution is -2.24.